The molecule has 154 valence electrons. The van der Waals surface area contributed by atoms with Gasteiger partial charge in [-0.2, -0.15) is 0 Å². The summed E-state index contributed by atoms with van der Waals surface area (Å²) in [5, 5.41) is 0.108. The average molecular weight is 463 g/mol. The van der Waals surface area contributed by atoms with Gasteiger partial charge in [0.2, 0.25) is 24.8 Å². The van der Waals surface area contributed by atoms with Gasteiger partial charge in [-0.25, -0.2) is 31.8 Å². The largest absolute Gasteiger partial charge is 0.346 e. The van der Waals surface area contributed by atoms with Crippen molar-refractivity contribution in [1.82, 2.24) is 19.9 Å². The van der Waals surface area contributed by atoms with Crippen molar-refractivity contribution in [1.29, 1.82) is 0 Å². The Hall–Kier alpha value is -2.82. The van der Waals surface area contributed by atoms with Crippen molar-refractivity contribution in [2.45, 2.75) is 21.4 Å². The number of hydrogen-bond acceptors (Lipinski definition) is 7. The first-order valence-corrected chi connectivity index (χ1v) is 12.4. The van der Waals surface area contributed by atoms with E-state index >= 15 is 0 Å². The predicted molar refractivity (Wildman–Crippen MR) is 111 cm³/mol. The van der Waals surface area contributed by atoms with Crippen LogP contribution in [0.15, 0.2) is 70.1 Å². The van der Waals surface area contributed by atoms with Gasteiger partial charge in [0, 0.05) is 42.9 Å². The molecule has 4 rings (SSSR count). The molecule has 4 aromatic rings. The normalized spacial score (nSPS) is 12.3. The summed E-state index contributed by atoms with van der Waals surface area (Å²) < 4.78 is 49.7. The number of nitrogens with zero attached hydrogens (tertiary/aromatic N) is 3. The highest BCUT2D eigenvalue weighted by Gasteiger charge is 2.26. The molecule has 0 bridgehead atoms. The maximum Gasteiger partial charge on any atom is 0.246 e. The second-order valence-electron chi connectivity index (χ2n) is 6.61. The number of fused-ring (bicyclic) bond motifs is 1. The molecule has 0 aliphatic rings. The lowest BCUT2D eigenvalue weighted by Crippen LogP contribution is -2.06. The highest BCUT2D eigenvalue weighted by Crippen LogP contribution is 2.35. The molecule has 0 fully saturated rings. The topological polar surface area (TPSA) is 123 Å². The van der Waals surface area contributed by atoms with Crippen LogP contribution < -0.4 is 0 Å². The second-order valence-corrected chi connectivity index (χ2v) is 10.8. The highest BCUT2D eigenvalue weighted by molar-refractivity contribution is 7.92. The quantitative estimate of drug-likeness (QED) is 0.452. The Kier molecular flexibility index (Phi) is 5.08. The smallest absolute Gasteiger partial charge is 0.246 e. The Bertz CT molecular complexity index is 1450. The van der Waals surface area contributed by atoms with Crippen molar-refractivity contribution in [3.63, 3.8) is 0 Å². The third kappa shape index (κ3) is 3.69. The summed E-state index contributed by atoms with van der Waals surface area (Å²) in [4.78, 5) is 15.0. The highest BCUT2D eigenvalue weighted by atomic mass is 35.5. The Morgan fingerprint density at radius 3 is 2.27 bits per heavy atom. The fourth-order valence-corrected chi connectivity index (χ4v) is 5.57. The van der Waals surface area contributed by atoms with Crippen LogP contribution in [0.1, 0.15) is 11.1 Å². The molecule has 30 heavy (non-hydrogen) atoms. The van der Waals surface area contributed by atoms with Crippen LogP contribution in [-0.2, 0) is 26.1 Å². The zero-order valence-corrected chi connectivity index (χ0v) is 18.0. The van der Waals surface area contributed by atoms with Gasteiger partial charge in [-0.15, -0.1) is 0 Å². The molecule has 0 aliphatic heterocycles. The number of pyridine rings is 1. The van der Waals surface area contributed by atoms with Gasteiger partial charge in [-0.1, -0.05) is 29.8 Å². The molecule has 0 spiro atoms. The Morgan fingerprint density at radius 2 is 1.63 bits per heavy atom. The molecule has 0 saturated carbocycles. The number of aromatic nitrogens is 4. The van der Waals surface area contributed by atoms with Crippen molar-refractivity contribution in [3.8, 4) is 0 Å². The first-order valence-electron chi connectivity index (χ1n) is 8.63. The molecule has 0 amide bonds. The maximum atomic E-state index is 13.3. The monoisotopic (exact) mass is 462 g/mol. The first-order chi connectivity index (χ1) is 14.2. The number of benzene rings is 1. The fourth-order valence-electron chi connectivity index (χ4n) is 3.07. The van der Waals surface area contributed by atoms with Crippen LogP contribution >= 0.6 is 11.6 Å². The molecule has 3 heterocycles. The molecule has 0 saturated heterocycles. The van der Waals surface area contributed by atoms with E-state index in [1.807, 2.05) is 0 Å². The van der Waals surface area contributed by atoms with Crippen LogP contribution in [-0.4, -0.2) is 43.0 Å². The minimum absolute atomic E-state index is 0.0101. The Balaban J connectivity index is 1.85. The number of hydrogen-bond donors (Lipinski definition) is 1. The van der Waals surface area contributed by atoms with Crippen LogP contribution in [0.25, 0.3) is 11.0 Å². The van der Waals surface area contributed by atoms with Crippen LogP contribution in [0.4, 0.5) is 0 Å². The van der Waals surface area contributed by atoms with E-state index in [2.05, 4.69) is 19.9 Å². The lowest BCUT2D eigenvalue weighted by Gasteiger charge is -2.10. The van der Waals surface area contributed by atoms with Gasteiger partial charge in [0.1, 0.15) is 10.5 Å². The van der Waals surface area contributed by atoms with Crippen molar-refractivity contribution in [3.05, 3.63) is 71.3 Å². The van der Waals surface area contributed by atoms with E-state index in [0.29, 0.717) is 22.2 Å². The van der Waals surface area contributed by atoms with E-state index < -0.39 is 19.7 Å². The molecule has 0 radical (unpaired) electrons. The average Bonchev–Trinajstić information content (AvgIpc) is 3.10. The third-order valence-corrected chi connectivity index (χ3v) is 7.55. The summed E-state index contributed by atoms with van der Waals surface area (Å²) in [5.74, 6) is 0. The molecule has 8 nitrogen and oxygen atoms in total. The van der Waals surface area contributed by atoms with Gasteiger partial charge in [-0.05, 0) is 23.3 Å². The van der Waals surface area contributed by atoms with Gasteiger partial charge < -0.3 is 4.98 Å². The van der Waals surface area contributed by atoms with E-state index in [0.717, 1.165) is 6.26 Å². The number of sulfone groups is 2. The lowest BCUT2D eigenvalue weighted by atomic mass is 10.1. The molecule has 11 heteroatoms. The summed E-state index contributed by atoms with van der Waals surface area (Å²) in [5.41, 5.74) is 1.59. The summed E-state index contributed by atoms with van der Waals surface area (Å²) >= 11 is 6.29. The van der Waals surface area contributed by atoms with Crippen LogP contribution in [0.3, 0.4) is 0 Å². The zero-order chi connectivity index (χ0) is 21.5. The summed E-state index contributed by atoms with van der Waals surface area (Å²) in [6.45, 7) is 0. The van der Waals surface area contributed by atoms with E-state index in [-0.39, 0.29) is 26.4 Å². The van der Waals surface area contributed by atoms with Gasteiger partial charge in [0.05, 0.1) is 9.92 Å². The number of aromatic amines is 1. The van der Waals surface area contributed by atoms with E-state index in [1.54, 1.807) is 24.4 Å². The zero-order valence-electron chi connectivity index (χ0n) is 15.6. The van der Waals surface area contributed by atoms with Gasteiger partial charge in [0.25, 0.3) is 0 Å². The molecule has 1 N–H and O–H groups in total. The van der Waals surface area contributed by atoms with E-state index in [9.17, 15) is 16.8 Å². The standard InChI is InChI=1S/C19H15ClN4O4S2/c1-29(25,26)19-23-8-12(9-24-19)7-13-10-21-18-16(13)17(15(20)11-22-18)30(27,28)14-5-3-2-4-6-14/h2-6,8-11H,7H2,1H3,(H,21,22). The summed E-state index contributed by atoms with van der Waals surface area (Å²) in [6, 6.07) is 8.00. The fraction of sp³-hybridized carbons (Fsp3) is 0.105. The Morgan fingerprint density at radius 1 is 0.967 bits per heavy atom. The lowest BCUT2D eigenvalue weighted by molar-refractivity contribution is 0.592. The molecule has 0 aliphatic carbocycles. The van der Waals surface area contributed by atoms with Gasteiger partial charge in [-0.3, -0.25) is 0 Å². The number of rotatable bonds is 5. The Labute approximate surface area is 177 Å². The molecule has 0 atom stereocenters. The SMILES string of the molecule is CS(=O)(=O)c1ncc(Cc2c[nH]c3ncc(Cl)c(S(=O)(=O)c4ccccc4)c23)cn1. The summed E-state index contributed by atoms with van der Waals surface area (Å²) in [6.07, 6.45) is 7.00. The van der Waals surface area contributed by atoms with Crippen LogP contribution in [0.2, 0.25) is 5.02 Å². The number of halogens is 1. The summed E-state index contributed by atoms with van der Waals surface area (Å²) in [7, 11) is -7.42. The minimum Gasteiger partial charge on any atom is -0.346 e. The molecular weight excluding hydrogens is 448 g/mol. The van der Waals surface area contributed by atoms with Crippen molar-refractivity contribution in [2.75, 3.05) is 6.26 Å². The van der Waals surface area contributed by atoms with Crippen molar-refractivity contribution >= 4 is 42.3 Å². The van der Waals surface area contributed by atoms with E-state index in [1.165, 1.54) is 30.7 Å². The maximum absolute atomic E-state index is 13.3. The van der Waals surface area contributed by atoms with Crippen molar-refractivity contribution < 1.29 is 16.8 Å². The molecule has 1 aromatic carbocycles. The van der Waals surface area contributed by atoms with Gasteiger partial charge in [0.15, 0.2) is 0 Å². The third-order valence-electron chi connectivity index (χ3n) is 4.42. The van der Waals surface area contributed by atoms with Crippen LogP contribution in [0.5, 0.6) is 0 Å². The molecule has 0 unspecified atom stereocenters. The van der Waals surface area contributed by atoms with Crippen LogP contribution in [0, 0.1) is 0 Å². The minimum atomic E-state index is -3.91. The van der Waals surface area contributed by atoms with Crippen molar-refractivity contribution in [2.24, 2.45) is 0 Å². The van der Waals surface area contributed by atoms with E-state index in [4.69, 9.17) is 11.6 Å². The first kappa shape index (κ1) is 20.5. The number of nitrogens with one attached hydrogen (secondary N) is 1. The number of H-pyrrole nitrogens is 1. The van der Waals surface area contributed by atoms with Gasteiger partial charge >= 0.3 is 0 Å². The molecule has 3 aromatic heterocycles. The molecular formula is C19H15ClN4O4S2. The predicted octanol–water partition coefficient (Wildman–Crippen LogP) is 2.83. The second kappa shape index (κ2) is 7.46.